The summed E-state index contributed by atoms with van der Waals surface area (Å²) < 4.78 is 28.6. The standard InChI is InChI=1S/C21H29NO3S/c1-3-8-18-9-7-16-22(21(18)15-6-4-5-10-20(21)23)26(24,25)19-13-11-17(2)12-14-19/h3,11-14,18H,1,4-10,15-16H2,2H3/t18-,21-/m1/s1. The molecule has 1 saturated carbocycles. The average Bonchev–Trinajstić information content (AvgIpc) is 2.80. The van der Waals surface area contributed by atoms with Crippen molar-refractivity contribution < 1.29 is 13.2 Å². The maximum atomic E-state index is 13.5. The summed E-state index contributed by atoms with van der Waals surface area (Å²) in [5, 5.41) is 0. The molecular formula is C21H29NO3S. The lowest BCUT2D eigenvalue weighted by atomic mass is 9.71. The van der Waals surface area contributed by atoms with E-state index in [1.807, 2.05) is 25.1 Å². The van der Waals surface area contributed by atoms with E-state index in [2.05, 4.69) is 6.58 Å². The number of ketones is 1. The molecule has 2 fully saturated rings. The van der Waals surface area contributed by atoms with Gasteiger partial charge in [-0.25, -0.2) is 8.42 Å². The summed E-state index contributed by atoms with van der Waals surface area (Å²) in [6.45, 7) is 6.22. The number of benzene rings is 1. The molecule has 1 aliphatic carbocycles. The van der Waals surface area contributed by atoms with Gasteiger partial charge in [0.2, 0.25) is 10.0 Å². The maximum absolute atomic E-state index is 13.5. The molecule has 1 heterocycles. The fraction of sp³-hybridized carbons (Fsp3) is 0.571. The molecule has 4 nitrogen and oxygen atoms in total. The number of rotatable bonds is 4. The van der Waals surface area contributed by atoms with E-state index in [9.17, 15) is 13.2 Å². The number of allylic oxidation sites excluding steroid dienone is 1. The highest BCUT2D eigenvalue weighted by molar-refractivity contribution is 7.89. The van der Waals surface area contributed by atoms with Gasteiger partial charge in [0.05, 0.1) is 10.4 Å². The van der Waals surface area contributed by atoms with E-state index in [0.29, 0.717) is 30.7 Å². The Labute approximate surface area is 157 Å². The van der Waals surface area contributed by atoms with Gasteiger partial charge in [-0.15, -0.1) is 6.58 Å². The normalized spacial score (nSPS) is 28.0. The molecule has 0 aromatic heterocycles. The zero-order valence-corrected chi connectivity index (χ0v) is 16.4. The van der Waals surface area contributed by atoms with E-state index < -0.39 is 15.6 Å². The minimum Gasteiger partial charge on any atom is -0.298 e. The molecule has 0 amide bonds. The second kappa shape index (κ2) is 7.65. The van der Waals surface area contributed by atoms with Gasteiger partial charge in [-0.2, -0.15) is 4.31 Å². The van der Waals surface area contributed by atoms with Crippen LogP contribution in [0.4, 0.5) is 0 Å². The molecule has 0 unspecified atom stereocenters. The van der Waals surface area contributed by atoms with Crippen molar-refractivity contribution >= 4 is 15.8 Å². The van der Waals surface area contributed by atoms with Crippen LogP contribution in [0.25, 0.3) is 0 Å². The molecule has 1 aromatic rings. The van der Waals surface area contributed by atoms with Crippen LogP contribution in [-0.4, -0.2) is 30.6 Å². The van der Waals surface area contributed by atoms with E-state index in [0.717, 1.165) is 37.7 Å². The molecular weight excluding hydrogens is 346 g/mol. The predicted molar refractivity (Wildman–Crippen MR) is 103 cm³/mol. The SMILES string of the molecule is C=CC[C@@H]1CCCN(S(=O)(=O)c2ccc(C)cc2)[C@]12CCCCCC2=O. The van der Waals surface area contributed by atoms with Crippen LogP contribution in [0.3, 0.4) is 0 Å². The molecule has 1 aliphatic heterocycles. The second-order valence-corrected chi connectivity index (χ2v) is 9.52. The number of Topliss-reactive ketones (excluding diaryl/α,β-unsaturated/α-hetero) is 1. The van der Waals surface area contributed by atoms with Gasteiger partial charge in [0.1, 0.15) is 0 Å². The molecule has 0 radical (unpaired) electrons. The van der Waals surface area contributed by atoms with Gasteiger partial charge in [-0.05, 0) is 57.1 Å². The Morgan fingerprint density at radius 3 is 2.62 bits per heavy atom. The Bertz CT molecular complexity index is 769. The van der Waals surface area contributed by atoms with E-state index in [-0.39, 0.29) is 11.7 Å². The van der Waals surface area contributed by atoms with E-state index in [1.165, 1.54) is 0 Å². The molecule has 1 saturated heterocycles. The topological polar surface area (TPSA) is 54.5 Å². The van der Waals surface area contributed by atoms with Crippen molar-refractivity contribution in [1.82, 2.24) is 4.31 Å². The summed E-state index contributed by atoms with van der Waals surface area (Å²) in [5.74, 6) is 0.136. The van der Waals surface area contributed by atoms with Crippen molar-refractivity contribution in [1.29, 1.82) is 0 Å². The number of carbonyl (C=O) groups is 1. The van der Waals surface area contributed by atoms with E-state index in [4.69, 9.17) is 0 Å². The molecule has 142 valence electrons. The Kier molecular flexibility index (Phi) is 5.68. The molecule has 1 spiro atoms. The predicted octanol–water partition coefficient (Wildman–Crippen LogP) is 4.24. The van der Waals surface area contributed by atoms with Crippen LogP contribution >= 0.6 is 0 Å². The highest BCUT2D eigenvalue weighted by Gasteiger charge is 2.55. The van der Waals surface area contributed by atoms with Gasteiger partial charge in [0.15, 0.2) is 5.78 Å². The van der Waals surface area contributed by atoms with E-state index in [1.54, 1.807) is 16.4 Å². The van der Waals surface area contributed by atoms with Gasteiger partial charge in [0.25, 0.3) is 0 Å². The van der Waals surface area contributed by atoms with Gasteiger partial charge in [0, 0.05) is 13.0 Å². The van der Waals surface area contributed by atoms with Gasteiger partial charge in [-0.1, -0.05) is 36.6 Å². The second-order valence-electron chi connectivity index (χ2n) is 7.66. The average molecular weight is 376 g/mol. The van der Waals surface area contributed by atoms with Crippen LogP contribution in [0.1, 0.15) is 56.9 Å². The monoisotopic (exact) mass is 375 g/mol. The largest absolute Gasteiger partial charge is 0.298 e. The van der Waals surface area contributed by atoms with Crippen molar-refractivity contribution in [3.63, 3.8) is 0 Å². The number of hydrogen-bond acceptors (Lipinski definition) is 3. The summed E-state index contributed by atoms with van der Waals surface area (Å²) in [7, 11) is -3.71. The molecule has 26 heavy (non-hydrogen) atoms. The first-order chi connectivity index (χ1) is 12.4. The summed E-state index contributed by atoms with van der Waals surface area (Å²) >= 11 is 0. The fourth-order valence-corrected chi connectivity index (χ4v) is 6.59. The Morgan fingerprint density at radius 1 is 1.19 bits per heavy atom. The lowest BCUT2D eigenvalue weighted by Crippen LogP contribution is -2.63. The first-order valence-electron chi connectivity index (χ1n) is 9.66. The van der Waals surface area contributed by atoms with Crippen LogP contribution in [0.2, 0.25) is 0 Å². The molecule has 2 aliphatic rings. The number of carbonyl (C=O) groups excluding carboxylic acids is 1. The molecule has 5 heteroatoms. The Morgan fingerprint density at radius 2 is 1.92 bits per heavy atom. The third-order valence-corrected chi connectivity index (χ3v) is 8.00. The summed E-state index contributed by atoms with van der Waals surface area (Å²) in [4.78, 5) is 13.6. The van der Waals surface area contributed by atoms with E-state index >= 15 is 0 Å². The number of piperidine rings is 1. The van der Waals surface area contributed by atoms with Gasteiger partial charge in [-0.3, -0.25) is 4.79 Å². The molecule has 0 N–H and O–H groups in total. The zero-order chi connectivity index (χ0) is 18.8. The highest BCUT2D eigenvalue weighted by atomic mass is 32.2. The lowest BCUT2D eigenvalue weighted by Gasteiger charge is -2.49. The molecule has 1 aromatic carbocycles. The number of nitrogens with zero attached hydrogens (tertiary/aromatic N) is 1. The van der Waals surface area contributed by atoms with Crippen molar-refractivity contribution in [3.05, 3.63) is 42.5 Å². The van der Waals surface area contributed by atoms with Crippen LogP contribution in [0, 0.1) is 12.8 Å². The van der Waals surface area contributed by atoms with Crippen LogP contribution in [0.15, 0.2) is 41.8 Å². The van der Waals surface area contributed by atoms with Crippen LogP contribution in [0.5, 0.6) is 0 Å². The lowest BCUT2D eigenvalue weighted by molar-refractivity contribution is -0.133. The summed E-state index contributed by atoms with van der Waals surface area (Å²) in [5.41, 5.74) is 0.125. The number of aryl methyl sites for hydroxylation is 1. The number of hydrogen-bond donors (Lipinski definition) is 0. The number of sulfonamides is 1. The van der Waals surface area contributed by atoms with Crippen molar-refractivity contribution in [2.24, 2.45) is 5.92 Å². The quantitative estimate of drug-likeness (QED) is 0.740. The molecule has 2 atom stereocenters. The summed E-state index contributed by atoms with van der Waals surface area (Å²) in [6.07, 6.45) is 8.07. The summed E-state index contributed by atoms with van der Waals surface area (Å²) in [6, 6.07) is 6.96. The zero-order valence-electron chi connectivity index (χ0n) is 15.6. The first-order valence-corrected chi connectivity index (χ1v) is 11.1. The minimum absolute atomic E-state index is 0.0274. The van der Waals surface area contributed by atoms with Crippen molar-refractivity contribution in [2.75, 3.05) is 6.54 Å². The molecule has 3 rings (SSSR count). The molecule has 0 bridgehead atoms. The fourth-order valence-electron chi connectivity index (χ4n) is 4.72. The third-order valence-electron chi connectivity index (χ3n) is 6.04. The maximum Gasteiger partial charge on any atom is 0.243 e. The highest BCUT2D eigenvalue weighted by Crippen LogP contribution is 2.45. The van der Waals surface area contributed by atoms with Crippen molar-refractivity contribution in [2.45, 2.75) is 68.7 Å². The van der Waals surface area contributed by atoms with Crippen LogP contribution in [-0.2, 0) is 14.8 Å². The minimum atomic E-state index is -3.71. The van der Waals surface area contributed by atoms with Crippen molar-refractivity contribution in [3.8, 4) is 0 Å². The third kappa shape index (κ3) is 3.27. The van der Waals surface area contributed by atoms with Crippen LogP contribution < -0.4 is 0 Å². The van der Waals surface area contributed by atoms with Gasteiger partial charge >= 0.3 is 0 Å². The Balaban J connectivity index is 2.11. The smallest absolute Gasteiger partial charge is 0.243 e. The first kappa shape index (κ1) is 19.3. The Hall–Kier alpha value is -1.46. The van der Waals surface area contributed by atoms with Gasteiger partial charge < -0.3 is 0 Å².